The van der Waals surface area contributed by atoms with E-state index in [-0.39, 0.29) is 18.3 Å². The SMILES string of the molecule is CCOC(=O)C1=C(C)NC2=C(C(=O)C[C@@H](c3ccc(OC)c(OC)c3)C2)[C@@H]1c1cccc(Oc2ccccc2)c1. The lowest BCUT2D eigenvalue weighted by Crippen LogP contribution is -2.36. The standard InChI is InChI=1S/C33H33NO6/c1-5-39-33(36)30-20(2)34-26-17-23(21-14-15-28(37-3)29(19-21)38-4)18-27(35)32(26)31(30)22-10-9-13-25(16-22)40-24-11-7-6-8-12-24/h6-16,19,23,31,34H,5,17-18H2,1-4H3/t23-,31+/m0/s1. The van der Waals surface area contributed by atoms with Crippen molar-refractivity contribution in [1.29, 1.82) is 0 Å². The van der Waals surface area contributed by atoms with Crippen LogP contribution in [0.3, 0.4) is 0 Å². The summed E-state index contributed by atoms with van der Waals surface area (Å²) in [5.41, 5.74) is 4.32. The second kappa shape index (κ2) is 11.7. The third-order valence-electron chi connectivity index (χ3n) is 7.37. The molecule has 1 aliphatic heterocycles. The van der Waals surface area contributed by atoms with Gasteiger partial charge in [0.05, 0.1) is 26.4 Å². The van der Waals surface area contributed by atoms with Crippen molar-refractivity contribution in [3.63, 3.8) is 0 Å². The van der Waals surface area contributed by atoms with E-state index in [1.165, 1.54) is 0 Å². The van der Waals surface area contributed by atoms with Gasteiger partial charge in [-0.1, -0.05) is 36.4 Å². The Kier molecular flexibility index (Phi) is 7.91. The Labute approximate surface area is 234 Å². The number of rotatable bonds is 8. The Morgan fingerprint density at radius 1 is 0.875 bits per heavy atom. The van der Waals surface area contributed by atoms with Gasteiger partial charge in [0.25, 0.3) is 0 Å². The summed E-state index contributed by atoms with van der Waals surface area (Å²) in [4.78, 5) is 27.2. The number of carbonyl (C=O) groups is 2. The Balaban J connectivity index is 1.55. The van der Waals surface area contributed by atoms with E-state index in [4.69, 9.17) is 18.9 Å². The van der Waals surface area contributed by atoms with E-state index >= 15 is 0 Å². The minimum absolute atomic E-state index is 0.0118. The van der Waals surface area contributed by atoms with Crippen LogP contribution in [0, 0.1) is 0 Å². The van der Waals surface area contributed by atoms with Gasteiger partial charge in [-0.3, -0.25) is 4.79 Å². The van der Waals surface area contributed by atoms with Gasteiger partial charge in [0, 0.05) is 29.3 Å². The molecule has 2 aliphatic rings. The van der Waals surface area contributed by atoms with Crippen LogP contribution < -0.4 is 19.5 Å². The summed E-state index contributed by atoms with van der Waals surface area (Å²) < 4.78 is 22.4. The van der Waals surface area contributed by atoms with Crippen molar-refractivity contribution >= 4 is 11.8 Å². The predicted octanol–water partition coefficient (Wildman–Crippen LogP) is 6.42. The number of benzene rings is 3. The number of allylic oxidation sites excluding steroid dienone is 3. The number of dihydropyridines is 1. The first kappa shape index (κ1) is 27.1. The Morgan fingerprint density at radius 2 is 1.62 bits per heavy atom. The van der Waals surface area contributed by atoms with Crippen molar-refractivity contribution in [3.05, 3.63) is 106 Å². The lowest BCUT2D eigenvalue weighted by Gasteiger charge is -2.36. The third-order valence-corrected chi connectivity index (χ3v) is 7.37. The van der Waals surface area contributed by atoms with Gasteiger partial charge in [0.1, 0.15) is 11.5 Å². The summed E-state index contributed by atoms with van der Waals surface area (Å²) in [7, 11) is 3.20. The molecular weight excluding hydrogens is 506 g/mol. The van der Waals surface area contributed by atoms with Crippen molar-refractivity contribution in [2.45, 2.75) is 38.5 Å². The van der Waals surface area contributed by atoms with E-state index < -0.39 is 11.9 Å². The summed E-state index contributed by atoms with van der Waals surface area (Å²) in [6.45, 7) is 3.87. The second-order valence-electron chi connectivity index (χ2n) is 9.84. The monoisotopic (exact) mass is 539 g/mol. The maximum Gasteiger partial charge on any atom is 0.336 e. The first-order valence-corrected chi connectivity index (χ1v) is 13.4. The molecule has 1 aliphatic carbocycles. The van der Waals surface area contributed by atoms with E-state index in [9.17, 15) is 9.59 Å². The lowest BCUT2D eigenvalue weighted by molar-refractivity contribution is -0.138. The minimum atomic E-state index is -0.575. The highest BCUT2D eigenvalue weighted by atomic mass is 16.5. The number of hydrogen-bond acceptors (Lipinski definition) is 7. The molecule has 2 atom stereocenters. The molecule has 0 bridgehead atoms. The van der Waals surface area contributed by atoms with E-state index in [1.54, 1.807) is 21.1 Å². The number of carbonyl (C=O) groups excluding carboxylic acids is 2. The van der Waals surface area contributed by atoms with Crippen molar-refractivity contribution in [2.24, 2.45) is 0 Å². The molecule has 1 N–H and O–H groups in total. The van der Waals surface area contributed by atoms with Gasteiger partial charge in [-0.25, -0.2) is 4.79 Å². The van der Waals surface area contributed by atoms with Crippen LogP contribution in [0.2, 0.25) is 0 Å². The highest BCUT2D eigenvalue weighted by Gasteiger charge is 2.41. The number of para-hydroxylation sites is 1. The smallest absolute Gasteiger partial charge is 0.336 e. The Bertz CT molecular complexity index is 1490. The summed E-state index contributed by atoms with van der Waals surface area (Å²) in [5, 5.41) is 3.39. The number of esters is 1. The number of ketones is 1. The average Bonchev–Trinajstić information content (AvgIpc) is 2.96. The summed E-state index contributed by atoms with van der Waals surface area (Å²) >= 11 is 0. The van der Waals surface area contributed by atoms with Crippen LogP contribution in [-0.4, -0.2) is 32.6 Å². The third kappa shape index (κ3) is 5.32. The summed E-state index contributed by atoms with van der Waals surface area (Å²) in [6, 6.07) is 22.8. The predicted molar refractivity (Wildman–Crippen MR) is 152 cm³/mol. The maximum atomic E-state index is 13.9. The zero-order chi connectivity index (χ0) is 28.2. The van der Waals surface area contributed by atoms with Gasteiger partial charge < -0.3 is 24.3 Å². The molecule has 7 heteroatoms. The van der Waals surface area contributed by atoms with Gasteiger partial charge in [-0.15, -0.1) is 0 Å². The molecule has 0 unspecified atom stereocenters. The highest BCUT2D eigenvalue weighted by Crippen LogP contribution is 2.47. The van der Waals surface area contributed by atoms with Crippen molar-refractivity contribution in [1.82, 2.24) is 5.32 Å². The molecule has 3 aromatic rings. The number of hydrogen-bond donors (Lipinski definition) is 1. The van der Waals surface area contributed by atoms with Gasteiger partial charge in [-0.2, -0.15) is 0 Å². The normalized spacial score (nSPS) is 18.6. The average molecular weight is 540 g/mol. The fourth-order valence-electron chi connectivity index (χ4n) is 5.58. The molecule has 0 saturated carbocycles. The van der Waals surface area contributed by atoms with Crippen LogP contribution in [0.15, 0.2) is 95.3 Å². The van der Waals surface area contributed by atoms with Crippen molar-refractivity contribution in [2.75, 3.05) is 20.8 Å². The number of Topliss-reactive ketones (excluding diaryl/α,β-unsaturated/α-hetero) is 1. The van der Waals surface area contributed by atoms with Crippen LogP contribution in [0.25, 0.3) is 0 Å². The Hall–Kier alpha value is -4.52. The molecule has 0 amide bonds. The van der Waals surface area contributed by atoms with Gasteiger partial charge in [0.15, 0.2) is 17.3 Å². The quantitative estimate of drug-likeness (QED) is 0.331. The number of methoxy groups -OCH3 is 2. The topological polar surface area (TPSA) is 83.1 Å². The second-order valence-corrected chi connectivity index (χ2v) is 9.84. The zero-order valence-electron chi connectivity index (χ0n) is 23.2. The van der Waals surface area contributed by atoms with E-state index in [1.807, 2.05) is 79.7 Å². The van der Waals surface area contributed by atoms with Gasteiger partial charge >= 0.3 is 5.97 Å². The first-order chi connectivity index (χ1) is 19.4. The van der Waals surface area contributed by atoms with Crippen molar-refractivity contribution in [3.8, 4) is 23.0 Å². The molecule has 0 fully saturated rings. The lowest BCUT2D eigenvalue weighted by atomic mass is 9.71. The Morgan fingerprint density at radius 3 is 2.35 bits per heavy atom. The fourth-order valence-corrected chi connectivity index (χ4v) is 5.58. The number of nitrogens with one attached hydrogen (secondary N) is 1. The van der Waals surface area contributed by atoms with Crippen LogP contribution in [0.5, 0.6) is 23.0 Å². The molecule has 206 valence electrons. The molecule has 0 saturated heterocycles. The van der Waals surface area contributed by atoms with E-state index in [2.05, 4.69) is 5.32 Å². The summed E-state index contributed by atoms with van der Waals surface area (Å²) in [5.74, 6) is 1.51. The molecule has 0 radical (unpaired) electrons. The molecule has 7 nitrogen and oxygen atoms in total. The molecule has 5 rings (SSSR count). The van der Waals surface area contributed by atoms with E-state index in [0.29, 0.717) is 52.7 Å². The number of ether oxygens (including phenoxy) is 4. The fraction of sp³-hybridized carbons (Fsp3) is 0.273. The molecule has 40 heavy (non-hydrogen) atoms. The highest BCUT2D eigenvalue weighted by molar-refractivity contribution is 6.04. The first-order valence-electron chi connectivity index (χ1n) is 13.4. The maximum absolute atomic E-state index is 13.9. The minimum Gasteiger partial charge on any atom is -0.493 e. The van der Waals surface area contributed by atoms with Crippen LogP contribution in [-0.2, 0) is 14.3 Å². The van der Waals surface area contributed by atoms with Crippen LogP contribution in [0.4, 0.5) is 0 Å². The molecular formula is C33H33NO6. The van der Waals surface area contributed by atoms with Gasteiger partial charge in [0.2, 0.25) is 0 Å². The zero-order valence-corrected chi connectivity index (χ0v) is 23.2. The van der Waals surface area contributed by atoms with Crippen molar-refractivity contribution < 1.29 is 28.5 Å². The molecule has 3 aromatic carbocycles. The van der Waals surface area contributed by atoms with Crippen LogP contribution >= 0.6 is 0 Å². The molecule has 0 spiro atoms. The van der Waals surface area contributed by atoms with E-state index in [0.717, 1.165) is 16.8 Å². The molecule has 1 heterocycles. The largest absolute Gasteiger partial charge is 0.493 e. The van der Waals surface area contributed by atoms with Crippen LogP contribution in [0.1, 0.15) is 49.7 Å². The molecule has 0 aromatic heterocycles. The summed E-state index contributed by atoms with van der Waals surface area (Å²) in [6.07, 6.45) is 0.919. The van der Waals surface area contributed by atoms with Gasteiger partial charge in [-0.05, 0) is 73.7 Å².